The lowest BCUT2D eigenvalue weighted by Crippen LogP contribution is -2.37. The number of hydrogen-bond acceptors (Lipinski definition) is 4. The molecule has 1 aromatic carbocycles. The summed E-state index contributed by atoms with van der Waals surface area (Å²) in [7, 11) is 0. The first-order valence-electron chi connectivity index (χ1n) is 9.12. The Hall–Kier alpha value is -1.22. The zero-order valence-electron chi connectivity index (χ0n) is 16.9. The van der Waals surface area contributed by atoms with Gasteiger partial charge >= 0.3 is 0 Å². The molecule has 2 aromatic rings. The van der Waals surface area contributed by atoms with Crippen LogP contribution in [0, 0.1) is 20.8 Å². The largest absolute Gasteiger partial charge is 0.361 e. The zero-order valence-corrected chi connectivity index (χ0v) is 20.0. The van der Waals surface area contributed by atoms with Gasteiger partial charge < -0.3 is 15.2 Å². The molecular formula is C20H31IN4OS. The van der Waals surface area contributed by atoms with Crippen molar-refractivity contribution in [2.24, 2.45) is 4.99 Å². The molecule has 0 bridgehead atoms. The molecule has 1 aromatic heterocycles. The zero-order chi connectivity index (χ0) is 18.9. The molecule has 7 heteroatoms. The predicted octanol–water partition coefficient (Wildman–Crippen LogP) is 4.63. The van der Waals surface area contributed by atoms with Gasteiger partial charge in [-0.2, -0.15) is 0 Å². The van der Waals surface area contributed by atoms with E-state index < -0.39 is 0 Å². The lowest BCUT2D eigenvalue weighted by Gasteiger charge is -2.12. The Bertz CT molecular complexity index is 726. The molecule has 0 radical (unpaired) electrons. The summed E-state index contributed by atoms with van der Waals surface area (Å²) in [5.74, 6) is 1.78. The minimum atomic E-state index is 0. The Balaban J connectivity index is 0.00000364. The van der Waals surface area contributed by atoms with E-state index in [9.17, 15) is 0 Å². The van der Waals surface area contributed by atoms with Crippen LogP contribution in [0.4, 0.5) is 0 Å². The van der Waals surface area contributed by atoms with Gasteiger partial charge in [0, 0.05) is 23.5 Å². The van der Waals surface area contributed by atoms with Crippen LogP contribution in [0.25, 0.3) is 0 Å². The molecular weight excluding hydrogens is 471 g/mol. The summed E-state index contributed by atoms with van der Waals surface area (Å²) >= 11 is 1.77. The maximum absolute atomic E-state index is 5.22. The average molecular weight is 502 g/mol. The molecule has 0 aliphatic heterocycles. The van der Waals surface area contributed by atoms with Crippen LogP contribution in [0.1, 0.15) is 41.5 Å². The normalized spacial score (nSPS) is 11.2. The summed E-state index contributed by atoms with van der Waals surface area (Å²) in [6, 6.07) is 6.54. The van der Waals surface area contributed by atoms with Crippen LogP contribution in [0.5, 0.6) is 0 Å². The molecule has 0 saturated heterocycles. The van der Waals surface area contributed by atoms with E-state index in [1.165, 1.54) is 21.6 Å². The Morgan fingerprint density at radius 2 is 2.00 bits per heavy atom. The number of aromatic nitrogens is 1. The summed E-state index contributed by atoms with van der Waals surface area (Å²) < 4.78 is 5.22. The van der Waals surface area contributed by atoms with Gasteiger partial charge in [0.25, 0.3) is 0 Å². The highest BCUT2D eigenvalue weighted by Gasteiger charge is 2.08. The number of guanidine groups is 1. The highest BCUT2D eigenvalue weighted by Crippen LogP contribution is 2.22. The smallest absolute Gasteiger partial charge is 0.191 e. The Kier molecular flexibility index (Phi) is 10.8. The fourth-order valence-electron chi connectivity index (χ4n) is 2.82. The monoisotopic (exact) mass is 502 g/mol. The fourth-order valence-corrected chi connectivity index (χ4v) is 3.52. The molecule has 0 aliphatic carbocycles. The van der Waals surface area contributed by atoms with Gasteiger partial charge in [0.1, 0.15) is 5.76 Å². The topological polar surface area (TPSA) is 62.5 Å². The fraction of sp³-hybridized carbons (Fsp3) is 0.500. The second kappa shape index (κ2) is 12.3. The molecule has 2 N–H and O–H groups in total. The van der Waals surface area contributed by atoms with Gasteiger partial charge in [-0.15, -0.1) is 35.7 Å². The minimum Gasteiger partial charge on any atom is -0.361 e. The standard InChI is InChI=1S/C20H30N4OS.HI/c1-6-21-20(22-11-7-8-18-15(3)24-25-16(18)4)23-13-17-10-9-14(2)12-19(17)26-5;/h9-10,12H,6-8,11,13H2,1-5H3,(H2,21,22,23);1H. The van der Waals surface area contributed by atoms with Crippen LogP contribution in [0.15, 0.2) is 32.6 Å². The highest BCUT2D eigenvalue weighted by atomic mass is 127. The third-order valence-electron chi connectivity index (χ3n) is 4.27. The summed E-state index contributed by atoms with van der Waals surface area (Å²) in [6.45, 7) is 10.6. The van der Waals surface area contributed by atoms with E-state index in [0.717, 1.165) is 43.3 Å². The third-order valence-corrected chi connectivity index (χ3v) is 5.09. The van der Waals surface area contributed by atoms with Crippen molar-refractivity contribution in [3.8, 4) is 0 Å². The first-order valence-corrected chi connectivity index (χ1v) is 10.3. The van der Waals surface area contributed by atoms with E-state index in [-0.39, 0.29) is 24.0 Å². The summed E-state index contributed by atoms with van der Waals surface area (Å²) in [5, 5.41) is 10.8. The van der Waals surface area contributed by atoms with Crippen molar-refractivity contribution in [1.29, 1.82) is 0 Å². The number of aliphatic imine (C=N–C) groups is 1. The van der Waals surface area contributed by atoms with Crippen molar-refractivity contribution in [2.45, 2.75) is 52.0 Å². The van der Waals surface area contributed by atoms with Crippen LogP contribution in [0.3, 0.4) is 0 Å². The summed E-state index contributed by atoms with van der Waals surface area (Å²) in [6.07, 6.45) is 4.08. The molecule has 0 saturated carbocycles. The van der Waals surface area contributed by atoms with E-state index in [4.69, 9.17) is 9.52 Å². The Labute approximate surface area is 184 Å². The minimum absolute atomic E-state index is 0. The van der Waals surface area contributed by atoms with Crippen molar-refractivity contribution < 1.29 is 4.52 Å². The van der Waals surface area contributed by atoms with Crippen LogP contribution >= 0.6 is 35.7 Å². The van der Waals surface area contributed by atoms with E-state index in [2.05, 4.69) is 54.1 Å². The van der Waals surface area contributed by atoms with Gasteiger partial charge in [-0.05, 0) is 64.0 Å². The van der Waals surface area contributed by atoms with Gasteiger partial charge in [-0.1, -0.05) is 17.3 Å². The van der Waals surface area contributed by atoms with Gasteiger partial charge in [-0.25, -0.2) is 4.99 Å². The van der Waals surface area contributed by atoms with Crippen LogP contribution in [0.2, 0.25) is 0 Å². The second-order valence-corrected chi connectivity index (χ2v) is 7.19. The van der Waals surface area contributed by atoms with Gasteiger partial charge in [0.2, 0.25) is 0 Å². The Morgan fingerprint density at radius 1 is 1.22 bits per heavy atom. The number of aryl methyl sites for hydroxylation is 3. The summed E-state index contributed by atoms with van der Waals surface area (Å²) in [4.78, 5) is 6.04. The SMILES string of the molecule is CCNC(=NCc1ccc(C)cc1SC)NCCCc1c(C)noc1C.I. The van der Waals surface area contributed by atoms with Gasteiger partial charge in [0.15, 0.2) is 5.96 Å². The maximum Gasteiger partial charge on any atom is 0.191 e. The first kappa shape index (κ1) is 23.8. The van der Waals surface area contributed by atoms with E-state index >= 15 is 0 Å². The molecule has 1 heterocycles. The molecule has 0 amide bonds. The van der Waals surface area contributed by atoms with E-state index in [1.54, 1.807) is 11.8 Å². The van der Waals surface area contributed by atoms with Crippen molar-refractivity contribution in [3.05, 3.63) is 46.3 Å². The first-order chi connectivity index (χ1) is 12.5. The molecule has 0 aliphatic rings. The number of hydrogen-bond donors (Lipinski definition) is 2. The molecule has 0 fully saturated rings. The van der Waals surface area contributed by atoms with Crippen molar-refractivity contribution in [2.75, 3.05) is 19.3 Å². The van der Waals surface area contributed by atoms with Crippen LogP contribution in [-0.2, 0) is 13.0 Å². The second-order valence-electron chi connectivity index (χ2n) is 6.34. The molecule has 0 atom stereocenters. The third kappa shape index (κ3) is 7.37. The number of benzene rings is 1. The van der Waals surface area contributed by atoms with Gasteiger partial charge in [0.05, 0.1) is 12.2 Å². The molecule has 0 spiro atoms. The van der Waals surface area contributed by atoms with Gasteiger partial charge in [-0.3, -0.25) is 0 Å². The van der Waals surface area contributed by atoms with Crippen LogP contribution < -0.4 is 10.6 Å². The lowest BCUT2D eigenvalue weighted by atomic mass is 10.1. The van der Waals surface area contributed by atoms with Crippen molar-refractivity contribution >= 4 is 41.7 Å². The predicted molar refractivity (Wildman–Crippen MR) is 125 cm³/mol. The van der Waals surface area contributed by atoms with Crippen molar-refractivity contribution in [3.63, 3.8) is 0 Å². The number of rotatable bonds is 8. The average Bonchev–Trinajstić information content (AvgIpc) is 2.95. The number of nitrogens with zero attached hydrogens (tertiary/aromatic N) is 2. The van der Waals surface area contributed by atoms with Crippen molar-refractivity contribution in [1.82, 2.24) is 15.8 Å². The number of halogens is 1. The maximum atomic E-state index is 5.22. The Morgan fingerprint density at radius 3 is 2.63 bits per heavy atom. The highest BCUT2D eigenvalue weighted by molar-refractivity contribution is 14.0. The van der Waals surface area contributed by atoms with E-state index in [0.29, 0.717) is 6.54 Å². The summed E-state index contributed by atoms with van der Waals surface area (Å²) in [5.41, 5.74) is 4.76. The number of thioether (sulfide) groups is 1. The van der Waals surface area contributed by atoms with E-state index in [1.807, 2.05) is 13.8 Å². The van der Waals surface area contributed by atoms with Crippen LogP contribution in [-0.4, -0.2) is 30.5 Å². The lowest BCUT2D eigenvalue weighted by molar-refractivity contribution is 0.392. The quantitative estimate of drug-likeness (QED) is 0.181. The molecule has 150 valence electrons. The molecule has 27 heavy (non-hydrogen) atoms. The molecule has 0 unspecified atom stereocenters. The molecule has 2 rings (SSSR count). The number of nitrogens with one attached hydrogen (secondary N) is 2. The molecule has 5 nitrogen and oxygen atoms in total.